The molecule has 1 heterocycles. The Bertz CT molecular complexity index is 1530. The van der Waals surface area contributed by atoms with Crippen LogP contribution in [0.25, 0.3) is 16.8 Å². The van der Waals surface area contributed by atoms with Crippen molar-refractivity contribution in [2.24, 2.45) is 0 Å². The molecule has 0 radical (unpaired) electrons. The van der Waals surface area contributed by atoms with E-state index in [2.05, 4.69) is 46.9 Å². The topological polar surface area (TPSA) is 55.8 Å². The molecule has 1 aliphatic rings. The van der Waals surface area contributed by atoms with Gasteiger partial charge in [0.25, 0.3) is 11.1 Å². The summed E-state index contributed by atoms with van der Waals surface area (Å²) in [6, 6.07) is 26.0. The number of amides is 2. The van der Waals surface area contributed by atoms with E-state index in [-0.39, 0.29) is 17.7 Å². The van der Waals surface area contributed by atoms with Gasteiger partial charge in [-0.1, -0.05) is 72.3 Å². The first kappa shape index (κ1) is 25.4. The lowest BCUT2D eigenvalue weighted by Crippen LogP contribution is -2.27. The molecule has 7 heteroatoms. The largest absolute Gasteiger partial charge is 0.493 e. The number of carbonyl (C=O) groups excluding carboxylic acids is 2. The predicted octanol–water partition coefficient (Wildman–Crippen LogP) is 7.58. The van der Waals surface area contributed by atoms with Gasteiger partial charge in [-0.15, -0.1) is 0 Å². The van der Waals surface area contributed by atoms with Crippen LogP contribution >= 0.6 is 34.4 Å². The quantitative estimate of drug-likeness (QED) is 0.157. The molecule has 5 nitrogen and oxygen atoms in total. The molecule has 37 heavy (non-hydrogen) atoms. The summed E-state index contributed by atoms with van der Waals surface area (Å²) in [6.07, 6.45) is 1.74. The number of benzene rings is 4. The molecule has 0 saturated carbocycles. The molecule has 0 N–H and O–H groups in total. The Morgan fingerprint density at radius 1 is 0.973 bits per heavy atom. The lowest BCUT2D eigenvalue weighted by Gasteiger charge is -2.15. The summed E-state index contributed by atoms with van der Waals surface area (Å²) < 4.78 is 12.7. The highest BCUT2D eigenvalue weighted by atomic mass is 127. The lowest BCUT2D eigenvalue weighted by molar-refractivity contribution is -0.123. The number of methoxy groups -OCH3 is 1. The van der Waals surface area contributed by atoms with Crippen molar-refractivity contribution in [2.75, 3.05) is 7.11 Å². The normalized spacial score (nSPS) is 14.6. The average molecular weight is 621 g/mol. The van der Waals surface area contributed by atoms with Gasteiger partial charge in [-0.05, 0) is 86.9 Å². The van der Waals surface area contributed by atoms with E-state index in [1.807, 2.05) is 61.5 Å². The lowest BCUT2D eigenvalue weighted by atomic mass is 10.1. The summed E-state index contributed by atoms with van der Waals surface area (Å²) in [7, 11) is 1.59. The first-order valence-corrected chi connectivity index (χ1v) is 13.6. The second-order valence-electron chi connectivity index (χ2n) is 8.71. The Balaban J connectivity index is 1.36. The summed E-state index contributed by atoms with van der Waals surface area (Å²) in [4.78, 5) is 27.3. The van der Waals surface area contributed by atoms with Crippen LogP contribution in [0.5, 0.6) is 11.5 Å². The van der Waals surface area contributed by atoms with Gasteiger partial charge in [0, 0.05) is 0 Å². The van der Waals surface area contributed by atoms with Gasteiger partial charge in [-0.25, -0.2) is 0 Å². The van der Waals surface area contributed by atoms with E-state index in [0.717, 1.165) is 48.4 Å². The van der Waals surface area contributed by atoms with Crippen LogP contribution in [0, 0.1) is 10.5 Å². The Hall–Kier alpha value is -3.30. The Morgan fingerprint density at radius 2 is 1.73 bits per heavy atom. The van der Waals surface area contributed by atoms with Gasteiger partial charge in [0.05, 0.1) is 22.1 Å². The second kappa shape index (κ2) is 11.0. The maximum Gasteiger partial charge on any atom is 0.293 e. The minimum atomic E-state index is -0.291. The van der Waals surface area contributed by atoms with Crippen LogP contribution in [0.3, 0.4) is 0 Å². The second-order valence-corrected chi connectivity index (χ2v) is 10.9. The van der Waals surface area contributed by atoms with Crippen molar-refractivity contribution in [1.82, 2.24) is 4.90 Å². The number of thioether (sulfide) groups is 1. The van der Waals surface area contributed by atoms with Crippen molar-refractivity contribution in [1.29, 1.82) is 0 Å². The fraction of sp³-hybridized carbons (Fsp3) is 0.133. The number of nitrogens with zero attached hydrogens (tertiary/aromatic N) is 1. The number of imide groups is 1. The van der Waals surface area contributed by atoms with Crippen LogP contribution in [-0.2, 0) is 17.9 Å². The zero-order valence-electron chi connectivity index (χ0n) is 20.4. The molecule has 1 aliphatic heterocycles. The summed E-state index contributed by atoms with van der Waals surface area (Å²) in [5.74, 6) is 0.916. The number of hydrogen-bond donors (Lipinski definition) is 0. The van der Waals surface area contributed by atoms with E-state index >= 15 is 0 Å². The molecule has 4 aromatic carbocycles. The third-order valence-corrected chi connectivity index (χ3v) is 7.85. The molecule has 0 atom stereocenters. The molecule has 2 amide bonds. The van der Waals surface area contributed by atoms with Crippen LogP contribution in [0.15, 0.2) is 83.8 Å². The monoisotopic (exact) mass is 621 g/mol. The molecule has 1 saturated heterocycles. The minimum Gasteiger partial charge on any atom is -0.493 e. The predicted molar refractivity (Wildman–Crippen MR) is 157 cm³/mol. The Morgan fingerprint density at radius 3 is 2.51 bits per heavy atom. The van der Waals surface area contributed by atoms with E-state index in [4.69, 9.17) is 9.47 Å². The van der Waals surface area contributed by atoms with Gasteiger partial charge in [-0.2, -0.15) is 0 Å². The van der Waals surface area contributed by atoms with Crippen molar-refractivity contribution < 1.29 is 19.1 Å². The molecule has 0 unspecified atom stereocenters. The molecule has 0 aliphatic carbocycles. The van der Waals surface area contributed by atoms with Crippen molar-refractivity contribution in [2.45, 2.75) is 20.1 Å². The number of fused-ring (bicyclic) bond motifs is 1. The Kier molecular flexibility index (Phi) is 7.53. The summed E-state index contributed by atoms with van der Waals surface area (Å²) in [5, 5.41) is 2.04. The van der Waals surface area contributed by atoms with E-state index in [0.29, 0.717) is 23.0 Å². The van der Waals surface area contributed by atoms with Crippen LogP contribution in [0.1, 0.15) is 22.3 Å². The van der Waals surface area contributed by atoms with Crippen LogP contribution in [0.2, 0.25) is 0 Å². The number of aryl methyl sites for hydroxylation is 1. The average Bonchev–Trinajstić information content (AvgIpc) is 3.16. The number of carbonyl (C=O) groups is 2. The van der Waals surface area contributed by atoms with Crippen LogP contribution in [0.4, 0.5) is 4.79 Å². The standard InChI is InChI=1S/C30H24INO4S/c1-19-10-12-20(13-11-19)17-32-29(33)27(37-30(32)34)16-21-14-25(31)28(26(15-21)35-2)36-18-23-8-5-7-22-6-3-4-9-24(22)23/h3-16H,17-18H2,1-2H3/b27-16-. The molecular weight excluding hydrogens is 597 g/mol. The van der Waals surface area contributed by atoms with Crippen molar-refractivity contribution >= 4 is 62.3 Å². The molecule has 1 fully saturated rings. The number of rotatable bonds is 7. The van der Waals surface area contributed by atoms with Gasteiger partial charge >= 0.3 is 0 Å². The number of halogens is 1. The molecule has 0 aromatic heterocycles. The number of ether oxygens (including phenoxy) is 2. The van der Waals surface area contributed by atoms with Crippen LogP contribution < -0.4 is 9.47 Å². The fourth-order valence-electron chi connectivity index (χ4n) is 4.20. The maximum atomic E-state index is 13.0. The fourth-order valence-corrected chi connectivity index (χ4v) is 5.81. The SMILES string of the molecule is COc1cc(/C=C2\SC(=O)N(Cc3ccc(C)cc3)C2=O)cc(I)c1OCc1cccc2ccccc12. The van der Waals surface area contributed by atoms with E-state index in [9.17, 15) is 9.59 Å². The van der Waals surface area contributed by atoms with E-state index in [1.165, 1.54) is 4.90 Å². The number of hydrogen-bond acceptors (Lipinski definition) is 5. The van der Waals surface area contributed by atoms with E-state index in [1.54, 1.807) is 13.2 Å². The zero-order chi connectivity index (χ0) is 25.9. The molecule has 4 aromatic rings. The molecule has 5 rings (SSSR count). The summed E-state index contributed by atoms with van der Waals surface area (Å²) in [5.41, 5.74) is 3.89. The van der Waals surface area contributed by atoms with Crippen LogP contribution in [-0.4, -0.2) is 23.2 Å². The zero-order valence-corrected chi connectivity index (χ0v) is 23.3. The third kappa shape index (κ3) is 5.52. The molecular formula is C30H24INO4S. The van der Waals surface area contributed by atoms with Gasteiger partial charge in [0.1, 0.15) is 6.61 Å². The highest BCUT2D eigenvalue weighted by molar-refractivity contribution is 14.1. The van der Waals surface area contributed by atoms with Crippen molar-refractivity contribution in [3.05, 3.63) is 110 Å². The highest BCUT2D eigenvalue weighted by Crippen LogP contribution is 2.38. The van der Waals surface area contributed by atoms with E-state index < -0.39 is 0 Å². The first-order valence-electron chi connectivity index (χ1n) is 11.7. The highest BCUT2D eigenvalue weighted by Gasteiger charge is 2.35. The van der Waals surface area contributed by atoms with Gasteiger partial charge in [-0.3, -0.25) is 14.5 Å². The molecule has 0 bridgehead atoms. The molecule has 186 valence electrons. The van der Waals surface area contributed by atoms with Gasteiger partial charge in [0.2, 0.25) is 0 Å². The maximum absolute atomic E-state index is 13.0. The van der Waals surface area contributed by atoms with Gasteiger partial charge in [0.15, 0.2) is 11.5 Å². The molecule has 0 spiro atoms. The van der Waals surface area contributed by atoms with Gasteiger partial charge < -0.3 is 9.47 Å². The summed E-state index contributed by atoms with van der Waals surface area (Å²) in [6.45, 7) is 2.65. The van der Waals surface area contributed by atoms with Crippen molar-refractivity contribution in [3.8, 4) is 11.5 Å². The first-order chi connectivity index (χ1) is 17.9. The smallest absolute Gasteiger partial charge is 0.293 e. The Labute approximate surface area is 233 Å². The van der Waals surface area contributed by atoms with Crippen molar-refractivity contribution in [3.63, 3.8) is 0 Å². The minimum absolute atomic E-state index is 0.254. The summed E-state index contributed by atoms with van der Waals surface area (Å²) >= 11 is 3.17. The third-order valence-electron chi connectivity index (χ3n) is 6.14.